The molecule has 1 aliphatic heterocycles. The number of carbonyl (C=O) groups excluding carboxylic acids is 1. The highest BCUT2D eigenvalue weighted by molar-refractivity contribution is 5.80. The molecule has 0 spiro atoms. The third kappa shape index (κ3) is 38.2. The summed E-state index contributed by atoms with van der Waals surface area (Å²) < 4.78 is 11.1. The second-order valence-electron chi connectivity index (χ2n) is 21.8. The Morgan fingerprint density at radius 2 is 0.833 bits per heavy atom. The van der Waals surface area contributed by atoms with Crippen LogP contribution >= 0.6 is 0 Å². The molecule has 1 rings (SSSR count). The summed E-state index contributed by atoms with van der Waals surface area (Å²) in [5, 5.41) is 76.1. The first-order chi connectivity index (χ1) is 35.2. The summed E-state index contributed by atoms with van der Waals surface area (Å²) in [6.45, 7) is 3.46. The van der Waals surface area contributed by atoms with Crippen LogP contribution in [0, 0.1) is 0 Å². The fourth-order valence-corrected chi connectivity index (χ4v) is 9.99. The van der Waals surface area contributed by atoms with E-state index < -0.39 is 74.2 Å². The zero-order chi connectivity index (χ0) is 52.5. The maximum atomic E-state index is 13.2. The van der Waals surface area contributed by atoms with Gasteiger partial charge in [0, 0.05) is 0 Å². The third-order valence-electron chi connectivity index (χ3n) is 15.0. The van der Waals surface area contributed by atoms with E-state index in [2.05, 4.69) is 43.5 Å². The van der Waals surface area contributed by atoms with Gasteiger partial charge in [0.25, 0.3) is 0 Å². The Morgan fingerprint density at radius 3 is 1.24 bits per heavy atom. The number of nitrogens with one attached hydrogen (secondary N) is 1. The molecule has 72 heavy (non-hydrogen) atoms. The lowest BCUT2D eigenvalue weighted by atomic mass is 9.98. The van der Waals surface area contributed by atoms with Crippen LogP contribution < -0.4 is 5.32 Å². The van der Waals surface area contributed by atoms with Crippen LogP contribution in [0.1, 0.15) is 290 Å². The number of hydrogen-bond donors (Lipinski definition) is 8. The minimum absolute atomic E-state index is 0.249. The molecule has 0 aliphatic carbocycles. The molecule has 0 radical (unpaired) electrons. The summed E-state index contributed by atoms with van der Waals surface area (Å²) in [6, 6.07) is -1.19. The number of amides is 1. The molecule has 8 N–H and O–H groups in total. The van der Waals surface area contributed by atoms with E-state index in [9.17, 15) is 40.5 Å². The number of carbonyl (C=O) groups is 1. The summed E-state index contributed by atoms with van der Waals surface area (Å²) in [5.41, 5.74) is 0. The summed E-state index contributed by atoms with van der Waals surface area (Å²) in [5.74, 6) is -0.707. The molecular formula is C61H117NO10. The molecule has 0 aromatic heterocycles. The number of aliphatic hydroxyl groups is 7. The van der Waals surface area contributed by atoms with Gasteiger partial charge in [-0.2, -0.15) is 0 Å². The van der Waals surface area contributed by atoms with Crippen molar-refractivity contribution in [1.29, 1.82) is 0 Å². The maximum absolute atomic E-state index is 13.2. The minimum atomic E-state index is -1.67. The Balaban J connectivity index is 2.26. The monoisotopic (exact) mass is 1020 g/mol. The molecule has 9 unspecified atom stereocenters. The molecular weight excluding hydrogens is 907 g/mol. The topological polar surface area (TPSA) is 189 Å². The number of allylic oxidation sites excluding steroid dienone is 4. The zero-order valence-corrected chi connectivity index (χ0v) is 46.7. The van der Waals surface area contributed by atoms with Gasteiger partial charge < -0.3 is 50.5 Å². The summed E-state index contributed by atoms with van der Waals surface area (Å²) in [4.78, 5) is 13.2. The molecule has 11 nitrogen and oxygen atoms in total. The quantitative estimate of drug-likeness (QED) is 0.0215. The van der Waals surface area contributed by atoms with Crippen molar-refractivity contribution < 1.29 is 50.0 Å². The van der Waals surface area contributed by atoms with Crippen molar-refractivity contribution in [2.24, 2.45) is 0 Å². The minimum Gasteiger partial charge on any atom is -0.394 e. The number of aliphatic hydroxyl groups excluding tert-OH is 7. The van der Waals surface area contributed by atoms with Crippen LogP contribution in [-0.4, -0.2) is 110 Å². The molecule has 0 saturated carbocycles. The van der Waals surface area contributed by atoms with Crippen LogP contribution in [0.5, 0.6) is 0 Å². The fraction of sp³-hybridized carbons (Fsp3) is 0.918. The van der Waals surface area contributed by atoms with Gasteiger partial charge in [0.05, 0.1) is 25.4 Å². The molecule has 1 saturated heterocycles. The van der Waals surface area contributed by atoms with Gasteiger partial charge in [-0.1, -0.05) is 263 Å². The van der Waals surface area contributed by atoms with E-state index in [4.69, 9.17) is 9.47 Å². The van der Waals surface area contributed by atoms with Crippen LogP contribution in [-0.2, 0) is 14.3 Å². The van der Waals surface area contributed by atoms with E-state index in [1.54, 1.807) is 0 Å². The molecule has 9 atom stereocenters. The van der Waals surface area contributed by atoms with E-state index in [0.717, 1.165) is 38.5 Å². The average Bonchev–Trinajstić information content (AvgIpc) is 3.38. The summed E-state index contributed by atoms with van der Waals surface area (Å²) in [6.07, 6.45) is 49.7. The van der Waals surface area contributed by atoms with Crippen LogP contribution in [0.4, 0.5) is 0 Å². The van der Waals surface area contributed by atoms with Gasteiger partial charge in [0.1, 0.15) is 36.6 Å². The van der Waals surface area contributed by atoms with Gasteiger partial charge in [-0.25, -0.2) is 0 Å². The van der Waals surface area contributed by atoms with Crippen molar-refractivity contribution in [3.8, 4) is 0 Å². The molecule has 1 heterocycles. The van der Waals surface area contributed by atoms with Gasteiger partial charge >= 0.3 is 0 Å². The van der Waals surface area contributed by atoms with Crippen LogP contribution in [0.25, 0.3) is 0 Å². The van der Waals surface area contributed by atoms with Crippen molar-refractivity contribution in [2.75, 3.05) is 13.2 Å². The van der Waals surface area contributed by atoms with Crippen LogP contribution in [0.2, 0.25) is 0 Å². The molecule has 0 aromatic carbocycles. The first-order valence-corrected chi connectivity index (χ1v) is 30.7. The number of hydrogen-bond acceptors (Lipinski definition) is 10. The van der Waals surface area contributed by atoms with Crippen molar-refractivity contribution in [3.05, 3.63) is 24.3 Å². The second kappa shape index (κ2) is 50.4. The SMILES string of the molecule is CCCCCCCCCCCCCCCCCCCCCCC/C=C/CC/C=C/CCCC(O)C(O)C(COC1OC(CO)C(O)C(O)C1O)NC(=O)C(O)CCCCCCCCCCCCCCCCC. The van der Waals surface area contributed by atoms with Gasteiger partial charge in [0.15, 0.2) is 6.29 Å². The Labute approximate surface area is 442 Å². The number of rotatable bonds is 53. The van der Waals surface area contributed by atoms with E-state index in [1.807, 2.05) is 0 Å². The lowest BCUT2D eigenvalue weighted by Crippen LogP contribution is -2.60. The molecule has 0 aromatic rings. The number of ether oxygens (including phenoxy) is 2. The van der Waals surface area contributed by atoms with Crippen molar-refractivity contribution in [1.82, 2.24) is 5.32 Å². The summed E-state index contributed by atoms with van der Waals surface area (Å²) in [7, 11) is 0. The normalized spacial score (nSPS) is 20.2. The summed E-state index contributed by atoms with van der Waals surface area (Å²) >= 11 is 0. The van der Waals surface area contributed by atoms with Gasteiger partial charge in [0.2, 0.25) is 5.91 Å². The highest BCUT2D eigenvalue weighted by atomic mass is 16.7. The average molecular weight is 1020 g/mol. The van der Waals surface area contributed by atoms with E-state index >= 15 is 0 Å². The smallest absolute Gasteiger partial charge is 0.249 e. The Bertz CT molecular complexity index is 1220. The number of unbranched alkanes of at least 4 members (excludes halogenated alkanes) is 37. The molecule has 11 heteroatoms. The molecule has 1 fully saturated rings. The van der Waals surface area contributed by atoms with Crippen LogP contribution in [0.3, 0.4) is 0 Å². The Morgan fingerprint density at radius 1 is 0.472 bits per heavy atom. The highest BCUT2D eigenvalue weighted by Gasteiger charge is 2.44. The maximum Gasteiger partial charge on any atom is 0.249 e. The van der Waals surface area contributed by atoms with E-state index in [0.29, 0.717) is 19.3 Å². The first kappa shape index (κ1) is 68.6. The lowest BCUT2D eigenvalue weighted by molar-refractivity contribution is -0.303. The highest BCUT2D eigenvalue weighted by Crippen LogP contribution is 2.23. The molecule has 1 amide bonds. The first-order valence-electron chi connectivity index (χ1n) is 30.7. The zero-order valence-electron chi connectivity index (χ0n) is 46.7. The molecule has 0 bridgehead atoms. The largest absolute Gasteiger partial charge is 0.394 e. The predicted octanol–water partition coefficient (Wildman–Crippen LogP) is 13.3. The predicted molar refractivity (Wildman–Crippen MR) is 298 cm³/mol. The van der Waals surface area contributed by atoms with Gasteiger partial charge in [-0.3, -0.25) is 4.79 Å². The van der Waals surface area contributed by atoms with Crippen molar-refractivity contribution >= 4 is 5.91 Å². The second-order valence-corrected chi connectivity index (χ2v) is 21.8. The van der Waals surface area contributed by atoms with E-state index in [1.165, 1.54) is 205 Å². The lowest BCUT2D eigenvalue weighted by Gasteiger charge is -2.40. The standard InChI is InChI=1S/C61H117NO10/c1-3-5-7-9-11-13-15-17-19-20-21-22-23-24-25-26-27-28-29-30-31-32-33-35-36-38-40-42-44-46-48-53(64)56(66)52(51-71-61-59(69)58(68)57(67)55(50-63)72-61)62-60(70)54(65)49-47-45-43-41-39-37-34-18-16-14-12-10-8-6-4-2/h33,35,40,42,52-59,61,63-69H,3-32,34,36-39,41,43-51H2,1-2H3,(H,62,70)/b35-33+,42-40+. The van der Waals surface area contributed by atoms with Crippen LogP contribution in [0.15, 0.2) is 24.3 Å². The molecule has 1 aliphatic rings. The fourth-order valence-electron chi connectivity index (χ4n) is 9.99. The third-order valence-corrected chi connectivity index (χ3v) is 15.0. The Kier molecular flexibility index (Phi) is 48.0. The van der Waals surface area contributed by atoms with Crippen molar-refractivity contribution in [3.63, 3.8) is 0 Å². The van der Waals surface area contributed by atoms with Crippen molar-refractivity contribution in [2.45, 2.75) is 345 Å². The van der Waals surface area contributed by atoms with Gasteiger partial charge in [-0.15, -0.1) is 0 Å². The van der Waals surface area contributed by atoms with E-state index in [-0.39, 0.29) is 12.8 Å². The Hall–Kier alpha value is -1.41. The van der Waals surface area contributed by atoms with Gasteiger partial charge in [-0.05, 0) is 51.4 Å². The molecule has 426 valence electrons.